The van der Waals surface area contributed by atoms with Gasteiger partial charge in [0.15, 0.2) is 0 Å². The summed E-state index contributed by atoms with van der Waals surface area (Å²) in [6.07, 6.45) is 6.75. The molecule has 0 bridgehead atoms. The van der Waals surface area contributed by atoms with E-state index in [1.807, 2.05) is 11.8 Å². The third kappa shape index (κ3) is 4.39. The van der Waals surface area contributed by atoms with E-state index < -0.39 is 0 Å². The summed E-state index contributed by atoms with van der Waals surface area (Å²) >= 11 is 1.95. The van der Waals surface area contributed by atoms with Crippen LogP contribution in [-0.2, 0) is 0 Å². The highest BCUT2D eigenvalue weighted by Crippen LogP contribution is 2.33. The summed E-state index contributed by atoms with van der Waals surface area (Å²) in [4.78, 5) is 1.41. The molecule has 0 aromatic heterocycles. The van der Waals surface area contributed by atoms with E-state index in [0.717, 1.165) is 5.75 Å². The van der Waals surface area contributed by atoms with Gasteiger partial charge in [0.05, 0.1) is 6.04 Å². The molecule has 0 heterocycles. The molecule has 2 aromatic carbocycles. The fourth-order valence-corrected chi connectivity index (χ4v) is 4.36. The molecule has 1 nitrogen and oxygen atoms in total. The average Bonchev–Trinajstić information content (AvgIpc) is 2.62. The van der Waals surface area contributed by atoms with Gasteiger partial charge in [0.2, 0.25) is 0 Å². The largest absolute Gasteiger partial charge is 0.303 e. The number of benzene rings is 2. The molecule has 3 rings (SSSR count). The standard InChI is InChI=1S/C21H27NS/c1-2-23-20-16-10-9-15-19(20)21(17-11-5-3-6-12-17)22-18-13-7-4-8-14-18/h3,5-6,9-12,15-16,18,21-22H,2,4,7-8,13-14H2,1H3. The molecule has 1 N–H and O–H groups in total. The predicted molar refractivity (Wildman–Crippen MR) is 101 cm³/mol. The lowest BCUT2D eigenvalue weighted by Gasteiger charge is -2.30. The Labute approximate surface area is 144 Å². The van der Waals surface area contributed by atoms with Crippen LogP contribution in [0.4, 0.5) is 0 Å². The lowest BCUT2D eigenvalue weighted by molar-refractivity contribution is 0.353. The van der Waals surface area contributed by atoms with Crippen molar-refractivity contribution in [2.75, 3.05) is 5.75 Å². The molecular formula is C21H27NS. The van der Waals surface area contributed by atoms with E-state index in [1.165, 1.54) is 48.1 Å². The van der Waals surface area contributed by atoms with Gasteiger partial charge in [0.25, 0.3) is 0 Å². The van der Waals surface area contributed by atoms with Crippen LogP contribution in [0.5, 0.6) is 0 Å². The average molecular weight is 326 g/mol. The second kappa shape index (κ2) is 8.56. The SMILES string of the molecule is CCSc1ccccc1C(NC1CCCCC1)c1ccccc1. The van der Waals surface area contributed by atoms with Crippen LogP contribution in [0.15, 0.2) is 59.5 Å². The van der Waals surface area contributed by atoms with Gasteiger partial charge in [-0.15, -0.1) is 11.8 Å². The molecule has 1 aliphatic rings. The quantitative estimate of drug-likeness (QED) is 0.673. The molecule has 2 heteroatoms. The Bertz CT molecular complexity index is 590. The van der Waals surface area contributed by atoms with Crippen molar-refractivity contribution < 1.29 is 0 Å². The predicted octanol–water partition coefficient (Wildman–Crippen LogP) is 5.81. The molecule has 1 saturated carbocycles. The fraction of sp³-hybridized carbons (Fsp3) is 0.429. The summed E-state index contributed by atoms with van der Waals surface area (Å²) in [5.74, 6) is 1.11. The van der Waals surface area contributed by atoms with Crippen molar-refractivity contribution in [1.82, 2.24) is 5.32 Å². The van der Waals surface area contributed by atoms with E-state index in [9.17, 15) is 0 Å². The van der Waals surface area contributed by atoms with Gasteiger partial charge in [-0.3, -0.25) is 0 Å². The van der Waals surface area contributed by atoms with Crippen molar-refractivity contribution in [2.24, 2.45) is 0 Å². The van der Waals surface area contributed by atoms with Gasteiger partial charge in [0.1, 0.15) is 0 Å². The maximum atomic E-state index is 3.97. The molecule has 0 saturated heterocycles. The zero-order chi connectivity index (χ0) is 15.9. The lowest BCUT2D eigenvalue weighted by atomic mass is 9.92. The highest BCUT2D eigenvalue weighted by molar-refractivity contribution is 7.99. The molecule has 0 amide bonds. The van der Waals surface area contributed by atoms with Crippen molar-refractivity contribution in [3.63, 3.8) is 0 Å². The Morgan fingerprint density at radius 3 is 2.39 bits per heavy atom. The smallest absolute Gasteiger partial charge is 0.0589 e. The number of thioether (sulfide) groups is 1. The highest BCUT2D eigenvalue weighted by atomic mass is 32.2. The Morgan fingerprint density at radius 2 is 1.65 bits per heavy atom. The summed E-state index contributed by atoms with van der Waals surface area (Å²) in [5, 5.41) is 3.97. The third-order valence-electron chi connectivity index (χ3n) is 4.67. The van der Waals surface area contributed by atoms with E-state index in [2.05, 4.69) is 66.8 Å². The Kier molecular flexibility index (Phi) is 6.18. The van der Waals surface area contributed by atoms with Crippen molar-refractivity contribution in [3.05, 3.63) is 65.7 Å². The van der Waals surface area contributed by atoms with Gasteiger partial charge in [-0.1, -0.05) is 74.7 Å². The highest BCUT2D eigenvalue weighted by Gasteiger charge is 2.22. The van der Waals surface area contributed by atoms with Crippen LogP contribution in [0.25, 0.3) is 0 Å². The van der Waals surface area contributed by atoms with E-state index in [1.54, 1.807) is 0 Å². The topological polar surface area (TPSA) is 12.0 Å². The summed E-state index contributed by atoms with van der Waals surface area (Å²) in [5.41, 5.74) is 2.80. The van der Waals surface area contributed by atoms with Crippen LogP contribution in [0.1, 0.15) is 56.2 Å². The summed E-state index contributed by atoms with van der Waals surface area (Å²) in [6.45, 7) is 2.23. The summed E-state index contributed by atoms with van der Waals surface area (Å²) in [6, 6.07) is 20.8. The van der Waals surface area contributed by atoms with Crippen molar-refractivity contribution in [3.8, 4) is 0 Å². The van der Waals surface area contributed by atoms with Crippen molar-refractivity contribution >= 4 is 11.8 Å². The van der Waals surface area contributed by atoms with Crippen LogP contribution in [-0.4, -0.2) is 11.8 Å². The first kappa shape index (κ1) is 16.6. The van der Waals surface area contributed by atoms with Gasteiger partial charge >= 0.3 is 0 Å². The first-order valence-corrected chi connectivity index (χ1v) is 9.89. The Morgan fingerprint density at radius 1 is 0.957 bits per heavy atom. The second-order valence-electron chi connectivity index (χ2n) is 6.32. The molecule has 0 spiro atoms. The Balaban J connectivity index is 1.91. The third-order valence-corrected chi connectivity index (χ3v) is 5.64. The molecule has 1 unspecified atom stereocenters. The molecule has 122 valence electrons. The van der Waals surface area contributed by atoms with Crippen LogP contribution in [0, 0.1) is 0 Å². The van der Waals surface area contributed by atoms with E-state index in [-0.39, 0.29) is 0 Å². The first-order valence-electron chi connectivity index (χ1n) is 8.91. The van der Waals surface area contributed by atoms with Gasteiger partial charge in [0, 0.05) is 10.9 Å². The molecule has 2 aromatic rings. The number of nitrogens with one attached hydrogen (secondary N) is 1. The van der Waals surface area contributed by atoms with Crippen molar-refractivity contribution in [2.45, 2.75) is 56.0 Å². The van der Waals surface area contributed by atoms with Gasteiger partial charge < -0.3 is 5.32 Å². The van der Waals surface area contributed by atoms with Crippen LogP contribution in [0.3, 0.4) is 0 Å². The zero-order valence-corrected chi connectivity index (χ0v) is 14.8. The summed E-state index contributed by atoms with van der Waals surface area (Å²) in [7, 11) is 0. The minimum absolute atomic E-state index is 0.301. The molecule has 23 heavy (non-hydrogen) atoms. The van der Waals surface area contributed by atoms with E-state index in [4.69, 9.17) is 0 Å². The molecule has 0 radical (unpaired) electrons. The number of hydrogen-bond acceptors (Lipinski definition) is 2. The summed E-state index contributed by atoms with van der Waals surface area (Å²) < 4.78 is 0. The van der Waals surface area contributed by atoms with Crippen molar-refractivity contribution in [1.29, 1.82) is 0 Å². The number of rotatable bonds is 6. The number of hydrogen-bond donors (Lipinski definition) is 1. The van der Waals surface area contributed by atoms with Gasteiger partial charge in [-0.2, -0.15) is 0 Å². The Hall–Kier alpha value is -1.25. The lowest BCUT2D eigenvalue weighted by Crippen LogP contribution is -2.35. The first-order chi connectivity index (χ1) is 11.4. The van der Waals surface area contributed by atoms with Crippen LogP contribution < -0.4 is 5.32 Å². The van der Waals surface area contributed by atoms with Crippen LogP contribution >= 0.6 is 11.8 Å². The molecule has 1 aliphatic carbocycles. The maximum absolute atomic E-state index is 3.97. The van der Waals surface area contributed by atoms with E-state index >= 15 is 0 Å². The van der Waals surface area contributed by atoms with Crippen LogP contribution in [0.2, 0.25) is 0 Å². The molecular weight excluding hydrogens is 298 g/mol. The molecule has 0 aliphatic heterocycles. The minimum Gasteiger partial charge on any atom is -0.303 e. The zero-order valence-electron chi connectivity index (χ0n) is 14.0. The van der Waals surface area contributed by atoms with E-state index in [0.29, 0.717) is 12.1 Å². The monoisotopic (exact) mass is 325 g/mol. The molecule has 1 fully saturated rings. The van der Waals surface area contributed by atoms with Gasteiger partial charge in [-0.05, 0) is 35.8 Å². The fourth-order valence-electron chi connectivity index (χ4n) is 3.52. The minimum atomic E-state index is 0.301. The molecule has 1 atom stereocenters. The normalized spacial score (nSPS) is 17.1. The van der Waals surface area contributed by atoms with Gasteiger partial charge in [-0.25, -0.2) is 0 Å². The maximum Gasteiger partial charge on any atom is 0.0589 e. The second-order valence-corrected chi connectivity index (χ2v) is 7.62.